The molecule has 128 valence electrons. The molecule has 2 aromatic rings. The first kappa shape index (κ1) is 17.7. The Morgan fingerprint density at radius 3 is 2.21 bits per heavy atom. The van der Waals surface area contributed by atoms with Crippen molar-refractivity contribution < 1.29 is 22.7 Å². The van der Waals surface area contributed by atoms with Gasteiger partial charge < -0.3 is 15.4 Å². The maximum absolute atomic E-state index is 12.6. The average Bonchev–Trinajstić information content (AvgIpc) is 2.48. The molecule has 0 aliphatic carbocycles. The van der Waals surface area contributed by atoms with Gasteiger partial charge in [0.25, 0.3) is 0 Å². The molecule has 0 unspecified atom stereocenters. The van der Waals surface area contributed by atoms with Gasteiger partial charge in [0.15, 0.2) is 0 Å². The topological polar surface area (TPSA) is 50.4 Å². The number of halogens is 3. The molecular formula is C17H17F3N2O2. The third-order valence-electron chi connectivity index (χ3n) is 2.93. The number of hydrogen-bond donors (Lipinski definition) is 2. The molecule has 0 heterocycles. The molecule has 0 fully saturated rings. The highest BCUT2D eigenvalue weighted by atomic mass is 19.4. The molecule has 0 saturated carbocycles. The molecule has 0 aromatic heterocycles. The van der Waals surface area contributed by atoms with Crippen LogP contribution in [0.2, 0.25) is 0 Å². The van der Waals surface area contributed by atoms with Gasteiger partial charge in [-0.15, -0.1) is 0 Å². The van der Waals surface area contributed by atoms with Gasteiger partial charge in [-0.3, -0.25) is 0 Å². The Kier molecular flexibility index (Phi) is 5.33. The van der Waals surface area contributed by atoms with Gasteiger partial charge in [-0.05, 0) is 56.3 Å². The summed E-state index contributed by atoms with van der Waals surface area (Å²) in [6.45, 7) is 3.79. The maximum Gasteiger partial charge on any atom is 0.416 e. The number of carbonyl (C=O) groups excluding carboxylic acids is 1. The molecule has 24 heavy (non-hydrogen) atoms. The van der Waals surface area contributed by atoms with Gasteiger partial charge in [-0.1, -0.05) is 6.07 Å². The van der Waals surface area contributed by atoms with Crippen molar-refractivity contribution in [1.29, 1.82) is 0 Å². The van der Waals surface area contributed by atoms with Crippen molar-refractivity contribution in [1.82, 2.24) is 0 Å². The number of nitrogens with one attached hydrogen (secondary N) is 2. The van der Waals surface area contributed by atoms with Crippen LogP contribution in [-0.4, -0.2) is 12.1 Å². The van der Waals surface area contributed by atoms with Crippen molar-refractivity contribution in [3.63, 3.8) is 0 Å². The van der Waals surface area contributed by atoms with Crippen LogP contribution in [0.15, 0.2) is 48.5 Å². The summed E-state index contributed by atoms with van der Waals surface area (Å²) in [6.07, 6.45) is -4.42. The van der Waals surface area contributed by atoms with Gasteiger partial charge in [0.1, 0.15) is 5.75 Å². The van der Waals surface area contributed by atoms with E-state index in [0.29, 0.717) is 11.4 Å². The first-order valence-corrected chi connectivity index (χ1v) is 7.26. The summed E-state index contributed by atoms with van der Waals surface area (Å²) in [4.78, 5) is 11.9. The predicted octanol–water partition coefficient (Wildman–Crippen LogP) is 5.14. The highest BCUT2D eigenvalue weighted by Gasteiger charge is 2.30. The van der Waals surface area contributed by atoms with Crippen molar-refractivity contribution in [3.05, 3.63) is 54.1 Å². The minimum absolute atomic E-state index is 0.0352. The quantitative estimate of drug-likeness (QED) is 0.811. The lowest BCUT2D eigenvalue weighted by Gasteiger charge is -2.12. The molecule has 0 saturated heterocycles. The number of alkyl halides is 3. The normalized spacial score (nSPS) is 11.2. The number of carbonyl (C=O) groups is 1. The molecule has 0 spiro atoms. The SMILES string of the molecule is CC(C)Oc1ccc(NC(=O)Nc2cccc(C(F)(F)F)c2)cc1. The Balaban J connectivity index is 1.98. The lowest BCUT2D eigenvalue weighted by Crippen LogP contribution is -2.19. The molecule has 0 atom stereocenters. The third kappa shape index (κ3) is 5.19. The fraction of sp³-hybridized carbons (Fsp3) is 0.235. The van der Waals surface area contributed by atoms with Crippen LogP contribution < -0.4 is 15.4 Å². The van der Waals surface area contributed by atoms with Crippen LogP contribution in [0.5, 0.6) is 5.75 Å². The van der Waals surface area contributed by atoms with E-state index in [1.165, 1.54) is 12.1 Å². The first-order chi connectivity index (χ1) is 11.2. The number of anilines is 2. The third-order valence-corrected chi connectivity index (χ3v) is 2.93. The Hall–Kier alpha value is -2.70. The van der Waals surface area contributed by atoms with Crippen molar-refractivity contribution in [3.8, 4) is 5.75 Å². The molecule has 2 aromatic carbocycles. The smallest absolute Gasteiger partial charge is 0.416 e. The Morgan fingerprint density at radius 2 is 1.62 bits per heavy atom. The van der Waals surface area contributed by atoms with Crippen molar-refractivity contribution in [2.45, 2.75) is 26.1 Å². The van der Waals surface area contributed by atoms with Gasteiger partial charge in [0, 0.05) is 11.4 Å². The number of rotatable bonds is 4. The van der Waals surface area contributed by atoms with E-state index in [9.17, 15) is 18.0 Å². The minimum atomic E-state index is -4.46. The van der Waals surface area contributed by atoms with E-state index in [2.05, 4.69) is 10.6 Å². The fourth-order valence-corrected chi connectivity index (χ4v) is 1.96. The van der Waals surface area contributed by atoms with Crippen molar-refractivity contribution in [2.75, 3.05) is 10.6 Å². The molecule has 0 radical (unpaired) electrons. The summed E-state index contributed by atoms with van der Waals surface area (Å²) < 4.78 is 43.4. The minimum Gasteiger partial charge on any atom is -0.491 e. The number of benzene rings is 2. The van der Waals surface area contributed by atoms with E-state index in [-0.39, 0.29) is 11.8 Å². The summed E-state index contributed by atoms with van der Waals surface area (Å²) >= 11 is 0. The van der Waals surface area contributed by atoms with Crippen LogP contribution in [0, 0.1) is 0 Å². The molecular weight excluding hydrogens is 321 g/mol. The van der Waals surface area contributed by atoms with Gasteiger partial charge in [-0.2, -0.15) is 13.2 Å². The van der Waals surface area contributed by atoms with Crippen molar-refractivity contribution >= 4 is 17.4 Å². The number of amides is 2. The second kappa shape index (κ2) is 7.25. The molecule has 0 aliphatic heterocycles. The van der Waals surface area contributed by atoms with Crippen LogP contribution >= 0.6 is 0 Å². The van der Waals surface area contributed by atoms with E-state index in [4.69, 9.17) is 4.74 Å². The van der Waals surface area contributed by atoms with Gasteiger partial charge in [0.2, 0.25) is 0 Å². The zero-order valence-corrected chi connectivity index (χ0v) is 13.1. The lowest BCUT2D eigenvalue weighted by molar-refractivity contribution is -0.137. The molecule has 4 nitrogen and oxygen atoms in total. The van der Waals surface area contributed by atoms with E-state index in [0.717, 1.165) is 12.1 Å². The number of ether oxygens (including phenoxy) is 1. The Morgan fingerprint density at radius 1 is 1.00 bits per heavy atom. The van der Waals surface area contributed by atoms with E-state index in [1.54, 1.807) is 24.3 Å². The number of urea groups is 1. The summed E-state index contributed by atoms with van der Waals surface area (Å²) in [6, 6.07) is 10.5. The van der Waals surface area contributed by atoms with E-state index >= 15 is 0 Å². The monoisotopic (exact) mass is 338 g/mol. The second-order valence-corrected chi connectivity index (χ2v) is 5.35. The highest BCUT2D eigenvalue weighted by molar-refractivity contribution is 5.99. The van der Waals surface area contributed by atoms with Crippen LogP contribution in [0.4, 0.5) is 29.3 Å². The summed E-state index contributed by atoms with van der Waals surface area (Å²) in [5.41, 5.74) is -0.270. The zero-order chi connectivity index (χ0) is 17.7. The summed E-state index contributed by atoms with van der Waals surface area (Å²) in [7, 11) is 0. The van der Waals surface area contributed by atoms with Gasteiger partial charge in [-0.25, -0.2) is 4.79 Å². The average molecular weight is 338 g/mol. The van der Waals surface area contributed by atoms with Crippen LogP contribution in [0.3, 0.4) is 0 Å². The zero-order valence-electron chi connectivity index (χ0n) is 13.1. The standard InChI is InChI=1S/C17H17F3N2O2/c1-11(2)24-15-8-6-13(7-9-15)21-16(23)22-14-5-3-4-12(10-14)17(18,19)20/h3-11H,1-2H3,(H2,21,22,23). The molecule has 2 amide bonds. The van der Waals surface area contributed by atoms with E-state index in [1.807, 2.05) is 13.8 Å². The van der Waals surface area contributed by atoms with Crippen LogP contribution in [0.1, 0.15) is 19.4 Å². The van der Waals surface area contributed by atoms with Crippen LogP contribution in [-0.2, 0) is 6.18 Å². The Bertz CT molecular complexity index is 698. The highest BCUT2D eigenvalue weighted by Crippen LogP contribution is 2.30. The first-order valence-electron chi connectivity index (χ1n) is 7.26. The molecule has 7 heteroatoms. The van der Waals surface area contributed by atoms with Crippen molar-refractivity contribution in [2.24, 2.45) is 0 Å². The summed E-state index contributed by atoms with van der Waals surface area (Å²) in [5.74, 6) is 0.661. The van der Waals surface area contributed by atoms with E-state index < -0.39 is 17.8 Å². The maximum atomic E-state index is 12.6. The second-order valence-electron chi connectivity index (χ2n) is 5.35. The lowest BCUT2D eigenvalue weighted by atomic mass is 10.2. The Labute approximate surface area is 137 Å². The predicted molar refractivity (Wildman–Crippen MR) is 86.3 cm³/mol. The molecule has 0 aliphatic rings. The molecule has 2 N–H and O–H groups in total. The van der Waals surface area contributed by atoms with Gasteiger partial charge >= 0.3 is 12.2 Å². The summed E-state index contributed by atoms with van der Waals surface area (Å²) in [5, 5.41) is 4.91. The van der Waals surface area contributed by atoms with Crippen LogP contribution in [0.25, 0.3) is 0 Å². The fourth-order valence-electron chi connectivity index (χ4n) is 1.96. The largest absolute Gasteiger partial charge is 0.491 e. The molecule has 2 rings (SSSR count). The molecule has 0 bridgehead atoms. The number of hydrogen-bond acceptors (Lipinski definition) is 2. The van der Waals surface area contributed by atoms with Gasteiger partial charge in [0.05, 0.1) is 11.7 Å².